The van der Waals surface area contributed by atoms with E-state index in [-0.39, 0.29) is 20.6 Å². The van der Waals surface area contributed by atoms with E-state index in [1.54, 1.807) is 0 Å². The Balaban J connectivity index is 2.42. The summed E-state index contributed by atoms with van der Waals surface area (Å²) in [7, 11) is -0.957. The SMILES string of the molecule is CC(C)(C)P(c1ccccc1N(c1ccccc1)c1ccccc1P(C(C)(C)C)C(C)(C)C)C(C)(C)C. The Kier molecular flexibility index (Phi) is 8.74. The van der Waals surface area contributed by atoms with Crippen LogP contribution < -0.4 is 15.5 Å². The highest BCUT2D eigenvalue weighted by molar-refractivity contribution is 7.69. The summed E-state index contributed by atoms with van der Waals surface area (Å²) in [5.74, 6) is 0. The lowest BCUT2D eigenvalue weighted by atomic mass is 10.2. The molecule has 0 heterocycles. The maximum atomic E-state index is 2.56. The zero-order valence-electron chi connectivity index (χ0n) is 25.3. The quantitative estimate of drug-likeness (QED) is 0.295. The van der Waals surface area contributed by atoms with E-state index in [0.717, 1.165) is 0 Å². The van der Waals surface area contributed by atoms with Gasteiger partial charge in [0, 0.05) is 16.3 Å². The van der Waals surface area contributed by atoms with E-state index in [9.17, 15) is 0 Å². The molecule has 0 bridgehead atoms. The zero-order chi connectivity index (χ0) is 27.8. The van der Waals surface area contributed by atoms with Crippen LogP contribution in [-0.4, -0.2) is 20.6 Å². The van der Waals surface area contributed by atoms with Crippen molar-refractivity contribution in [2.45, 2.75) is 104 Å². The summed E-state index contributed by atoms with van der Waals surface area (Å²) < 4.78 is 0. The van der Waals surface area contributed by atoms with Gasteiger partial charge in [0.2, 0.25) is 0 Å². The Labute approximate surface area is 230 Å². The van der Waals surface area contributed by atoms with E-state index in [0.29, 0.717) is 0 Å². The zero-order valence-corrected chi connectivity index (χ0v) is 27.1. The fraction of sp³-hybridized carbons (Fsp3) is 0.471. The van der Waals surface area contributed by atoms with Crippen LogP contribution in [0.4, 0.5) is 17.1 Å². The molecule has 0 spiro atoms. The van der Waals surface area contributed by atoms with E-state index in [2.05, 4.69) is 167 Å². The van der Waals surface area contributed by atoms with Crippen molar-refractivity contribution in [3.63, 3.8) is 0 Å². The summed E-state index contributed by atoms with van der Waals surface area (Å²) in [6.45, 7) is 29.0. The highest BCUT2D eigenvalue weighted by Gasteiger charge is 2.40. The molecule has 0 unspecified atom stereocenters. The summed E-state index contributed by atoms with van der Waals surface area (Å²) in [4.78, 5) is 2.56. The lowest BCUT2D eigenvalue weighted by molar-refractivity contribution is 0.714. The molecule has 0 aromatic heterocycles. The summed E-state index contributed by atoms with van der Waals surface area (Å²) >= 11 is 0. The second-order valence-corrected chi connectivity index (χ2v) is 21.7. The summed E-state index contributed by atoms with van der Waals surface area (Å²) in [5.41, 5.74) is 3.85. The normalized spacial score (nSPS) is 13.4. The largest absolute Gasteiger partial charge is 0.309 e. The molecule has 0 N–H and O–H groups in total. The third-order valence-corrected chi connectivity index (χ3v) is 13.5. The number of para-hydroxylation sites is 3. The predicted octanol–water partition coefficient (Wildman–Crippen LogP) is 10.6. The average molecular weight is 534 g/mol. The maximum absolute atomic E-state index is 2.56. The molecule has 3 aromatic carbocycles. The summed E-state index contributed by atoms with van der Waals surface area (Å²) in [5, 5.41) is 3.66. The van der Waals surface area contributed by atoms with Gasteiger partial charge in [-0.3, -0.25) is 0 Å². The van der Waals surface area contributed by atoms with E-state index >= 15 is 0 Å². The summed E-state index contributed by atoms with van der Waals surface area (Å²) in [6.07, 6.45) is 0. The average Bonchev–Trinajstić information content (AvgIpc) is 2.73. The van der Waals surface area contributed by atoms with Crippen LogP contribution >= 0.6 is 15.8 Å². The van der Waals surface area contributed by atoms with E-state index < -0.39 is 15.8 Å². The van der Waals surface area contributed by atoms with Crippen molar-refractivity contribution < 1.29 is 0 Å². The van der Waals surface area contributed by atoms with Gasteiger partial charge in [-0.2, -0.15) is 0 Å². The molecule has 200 valence electrons. The fourth-order valence-electron chi connectivity index (χ4n) is 6.13. The van der Waals surface area contributed by atoms with Crippen LogP contribution in [0.5, 0.6) is 0 Å². The highest BCUT2D eigenvalue weighted by atomic mass is 31.1. The van der Waals surface area contributed by atoms with Gasteiger partial charge in [-0.15, -0.1) is 0 Å². The molecule has 0 fully saturated rings. The van der Waals surface area contributed by atoms with Crippen LogP contribution in [0.25, 0.3) is 0 Å². The Bertz CT molecular complexity index is 1070. The lowest BCUT2D eigenvalue weighted by Crippen LogP contribution is -2.35. The van der Waals surface area contributed by atoms with E-state index in [4.69, 9.17) is 0 Å². The van der Waals surface area contributed by atoms with Crippen molar-refractivity contribution in [1.29, 1.82) is 0 Å². The maximum Gasteiger partial charge on any atom is 0.0539 e. The van der Waals surface area contributed by atoms with Crippen LogP contribution in [0, 0.1) is 0 Å². The minimum atomic E-state index is -0.478. The topological polar surface area (TPSA) is 3.24 Å². The van der Waals surface area contributed by atoms with Gasteiger partial charge in [0.1, 0.15) is 0 Å². The minimum absolute atomic E-state index is 0.176. The molecule has 37 heavy (non-hydrogen) atoms. The van der Waals surface area contributed by atoms with Crippen LogP contribution in [0.15, 0.2) is 78.9 Å². The van der Waals surface area contributed by atoms with Crippen molar-refractivity contribution >= 4 is 43.5 Å². The second-order valence-electron chi connectivity index (χ2n) is 14.0. The van der Waals surface area contributed by atoms with E-state index in [1.807, 2.05) is 0 Å². The number of benzene rings is 3. The van der Waals surface area contributed by atoms with Gasteiger partial charge >= 0.3 is 0 Å². The third kappa shape index (κ3) is 6.85. The predicted molar refractivity (Wildman–Crippen MR) is 173 cm³/mol. The molecular weight excluding hydrogens is 484 g/mol. The molecule has 0 atom stereocenters. The third-order valence-electron chi connectivity index (χ3n) is 6.42. The minimum Gasteiger partial charge on any atom is -0.309 e. The first kappa shape index (κ1) is 29.9. The molecule has 0 saturated carbocycles. The smallest absolute Gasteiger partial charge is 0.0539 e. The number of nitrogens with zero attached hydrogens (tertiary/aromatic N) is 1. The summed E-state index contributed by atoms with van der Waals surface area (Å²) in [6, 6.07) is 29.4. The highest BCUT2D eigenvalue weighted by Crippen LogP contribution is 2.62. The Morgan fingerprint density at radius 1 is 0.405 bits per heavy atom. The Morgan fingerprint density at radius 2 is 0.703 bits per heavy atom. The number of hydrogen-bond donors (Lipinski definition) is 0. The first-order chi connectivity index (χ1) is 16.9. The molecule has 3 aromatic rings. The van der Waals surface area contributed by atoms with Gasteiger partial charge in [-0.05, 0) is 44.9 Å². The number of hydrogen-bond acceptors (Lipinski definition) is 1. The number of anilines is 3. The molecule has 0 aliphatic rings. The first-order valence-electron chi connectivity index (χ1n) is 13.6. The molecule has 1 nitrogen and oxygen atoms in total. The molecule has 0 radical (unpaired) electrons. The molecule has 0 aliphatic carbocycles. The fourth-order valence-corrected chi connectivity index (χ4v) is 14.3. The molecule has 3 heteroatoms. The Morgan fingerprint density at radius 3 is 1.03 bits per heavy atom. The van der Waals surface area contributed by atoms with Crippen molar-refractivity contribution in [3.05, 3.63) is 78.9 Å². The van der Waals surface area contributed by atoms with Crippen molar-refractivity contribution in [2.75, 3.05) is 4.90 Å². The molecule has 0 amide bonds. The number of rotatable bonds is 5. The van der Waals surface area contributed by atoms with Crippen molar-refractivity contribution in [1.82, 2.24) is 0 Å². The Hall–Kier alpha value is -1.68. The van der Waals surface area contributed by atoms with Gasteiger partial charge < -0.3 is 4.90 Å². The second kappa shape index (κ2) is 10.8. The lowest BCUT2D eigenvalue weighted by Gasteiger charge is -2.45. The van der Waals surface area contributed by atoms with Crippen LogP contribution in [0.1, 0.15) is 83.1 Å². The van der Waals surface area contributed by atoms with Crippen molar-refractivity contribution in [2.24, 2.45) is 0 Å². The monoisotopic (exact) mass is 533 g/mol. The van der Waals surface area contributed by atoms with E-state index in [1.165, 1.54) is 27.7 Å². The van der Waals surface area contributed by atoms with Crippen molar-refractivity contribution in [3.8, 4) is 0 Å². The van der Waals surface area contributed by atoms with Gasteiger partial charge in [0.15, 0.2) is 0 Å². The van der Waals surface area contributed by atoms with Gasteiger partial charge in [0.25, 0.3) is 0 Å². The molecule has 0 aliphatic heterocycles. The molecule has 0 saturated heterocycles. The first-order valence-corrected chi connectivity index (χ1v) is 16.3. The standard InChI is InChI=1S/C34H49NP2/c1-31(2,3)36(32(4,5)6)29-24-18-16-22-27(29)35(26-20-14-13-15-21-26)28-23-17-19-25-30(28)37(33(7,8)9)34(10,11)12/h13-25H,1-12H3. The van der Waals surface area contributed by atoms with Crippen LogP contribution in [0.2, 0.25) is 0 Å². The molecule has 3 rings (SSSR count). The molecular formula is C34H49NP2. The van der Waals surface area contributed by atoms with Crippen LogP contribution in [0.3, 0.4) is 0 Å². The van der Waals surface area contributed by atoms with Gasteiger partial charge in [-0.1, -0.05) is 154 Å². The van der Waals surface area contributed by atoms with Gasteiger partial charge in [-0.25, -0.2) is 0 Å². The van der Waals surface area contributed by atoms with Gasteiger partial charge in [0.05, 0.1) is 11.4 Å². The van der Waals surface area contributed by atoms with Crippen LogP contribution in [-0.2, 0) is 0 Å².